The van der Waals surface area contributed by atoms with Crippen molar-refractivity contribution in [2.45, 2.75) is 12.5 Å². The van der Waals surface area contributed by atoms with E-state index in [9.17, 15) is 0 Å². The Kier molecular flexibility index (Phi) is 3.63. The average Bonchev–Trinajstić information content (AvgIpc) is 2.77. The molecule has 2 rings (SSSR count). The fraction of sp³-hybridized carbons (Fsp3) is 0.444. The number of rotatable bonds is 5. The number of aromatic nitrogens is 2. The number of imidazole rings is 1. The number of nitrogens with zero attached hydrogens (tertiary/aromatic N) is 2. The van der Waals surface area contributed by atoms with E-state index in [0.717, 1.165) is 22.8 Å². The van der Waals surface area contributed by atoms with E-state index in [-0.39, 0.29) is 0 Å². The third-order valence-electron chi connectivity index (χ3n) is 2.20. The molecule has 15 heavy (non-hydrogen) atoms. The first-order valence-corrected chi connectivity index (χ1v) is 6.97. The summed E-state index contributed by atoms with van der Waals surface area (Å²) in [5.74, 6) is 6.48. The Bertz CT molecular complexity index is 394. The summed E-state index contributed by atoms with van der Waals surface area (Å²) in [7, 11) is 0. The molecule has 0 saturated heterocycles. The zero-order valence-electron chi connectivity index (χ0n) is 8.51. The first-order valence-electron chi connectivity index (χ1n) is 4.69. The molecule has 6 heteroatoms. The van der Waals surface area contributed by atoms with E-state index in [0.29, 0.717) is 6.04 Å². The van der Waals surface area contributed by atoms with Crippen molar-refractivity contribution in [2.24, 2.45) is 5.84 Å². The molecule has 0 radical (unpaired) electrons. The Labute approximate surface area is 96.9 Å². The monoisotopic (exact) mass is 242 g/mol. The van der Waals surface area contributed by atoms with Crippen molar-refractivity contribution in [3.8, 4) is 0 Å². The predicted octanol–water partition coefficient (Wildman–Crippen LogP) is 1.13. The van der Waals surface area contributed by atoms with Crippen LogP contribution in [0.5, 0.6) is 0 Å². The molecular weight excluding hydrogens is 228 g/mol. The summed E-state index contributed by atoms with van der Waals surface area (Å²) < 4.78 is 2.05. The average molecular weight is 242 g/mol. The van der Waals surface area contributed by atoms with Crippen LogP contribution in [-0.4, -0.2) is 27.4 Å². The highest BCUT2D eigenvalue weighted by atomic mass is 32.2. The molecule has 0 aliphatic rings. The topological polar surface area (TPSA) is 55.3 Å². The van der Waals surface area contributed by atoms with Crippen molar-refractivity contribution in [1.82, 2.24) is 14.8 Å². The lowest BCUT2D eigenvalue weighted by atomic mass is 10.2. The molecule has 0 aliphatic heterocycles. The lowest BCUT2D eigenvalue weighted by Crippen LogP contribution is -2.38. The van der Waals surface area contributed by atoms with Gasteiger partial charge in [-0.1, -0.05) is 0 Å². The Hall–Kier alpha value is -0.560. The van der Waals surface area contributed by atoms with Crippen molar-refractivity contribution >= 4 is 28.1 Å². The summed E-state index contributed by atoms with van der Waals surface area (Å²) in [4.78, 5) is 5.57. The first-order chi connectivity index (χ1) is 7.33. The number of nitrogens with two attached hydrogens (primary N) is 1. The number of thioether (sulfide) groups is 1. The fourth-order valence-electron chi connectivity index (χ4n) is 1.49. The smallest absolute Gasteiger partial charge is 0.193 e. The van der Waals surface area contributed by atoms with Crippen LogP contribution < -0.4 is 11.3 Å². The van der Waals surface area contributed by atoms with Gasteiger partial charge in [0.1, 0.15) is 0 Å². The molecule has 0 amide bonds. The van der Waals surface area contributed by atoms with Crippen LogP contribution in [0.15, 0.2) is 17.8 Å². The highest BCUT2D eigenvalue weighted by Gasteiger charge is 2.10. The Morgan fingerprint density at radius 2 is 2.60 bits per heavy atom. The maximum absolute atomic E-state index is 5.48. The lowest BCUT2D eigenvalue weighted by Gasteiger charge is -2.12. The number of fused-ring (bicyclic) bond motifs is 1. The molecule has 2 aromatic rings. The van der Waals surface area contributed by atoms with Crippen LogP contribution in [0.2, 0.25) is 0 Å². The van der Waals surface area contributed by atoms with Gasteiger partial charge in [-0.25, -0.2) is 4.98 Å². The summed E-state index contributed by atoms with van der Waals surface area (Å²) in [5.41, 5.74) is 3.92. The van der Waals surface area contributed by atoms with E-state index < -0.39 is 0 Å². The quantitative estimate of drug-likeness (QED) is 0.610. The first kappa shape index (κ1) is 10.9. The van der Waals surface area contributed by atoms with Crippen molar-refractivity contribution in [3.05, 3.63) is 23.5 Å². The van der Waals surface area contributed by atoms with E-state index >= 15 is 0 Å². The second-order valence-electron chi connectivity index (χ2n) is 3.35. The molecule has 0 fully saturated rings. The molecule has 0 aliphatic carbocycles. The number of hydrazine groups is 1. The Morgan fingerprint density at radius 1 is 1.73 bits per heavy atom. The van der Waals surface area contributed by atoms with Crippen molar-refractivity contribution < 1.29 is 0 Å². The van der Waals surface area contributed by atoms with Crippen LogP contribution in [0.3, 0.4) is 0 Å². The van der Waals surface area contributed by atoms with Crippen LogP contribution in [-0.2, 0) is 6.42 Å². The van der Waals surface area contributed by atoms with Crippen LogP contribution in [0.4, 0.5) is 0 Å². The molecule has 0 bridgehead atoms. The third-order valence-corrected chi connectivity index (χ3v) is 3.71. The van der Waals surface area contributed by atoms with Gasteiger partial charge in [-0.2, -0.15) is 11.8 Å². The minimum absolute atomic E-state index is 0.296. The van der Waals surface area contributed by atoms with Crippen LogP contribution in [0.25, 0.3) is 4.96 Å². The van der Waals surface area contributed by atoms with Gasteiger partial charge in [0.25, 0.3) is 0 Å². The molecule has 0 spiro atoms. The zero-order valence-corrected chi connectivity index (χ0v) is 10.1. The summed E-state index contributed by atoms with van der Waals surface area (Å²) in [5, 5.41) is 2.03. The molecule has 3 N–H and O–H groups in total. The van der Waals surface area contributed by atoms with E-state index in [4.69, 9.17) is 5.84 Å². The molecule has 1 atom stereocenters. The highest BCUT2D eigenvalue weighted by Crippen LogP contribution is 2.13. The van der Waals surface area contributed by atoms with Crippen molar-refractivity contribution in [2.75, 3.05) is 12.0 Å². The maximum Gasteiger partial charge on any atom is 0.193 e. The Balaban J connectivity index is 2.07. The number of hydrogen-bond donors (Lipinski definition) is 2. The molecule has 0 aromatic carbocycles. The van der Waals surface area contributed by atoms with Gasteiger partial charge < -0.3 is 0 Å². The summed E-state index contributed by atoms with van der Waals surface area (Å²) in [6.07, 6.45) is 7.05. The zero-order chi connectivity index (χ0) is 10.7. The second-order valence-corrected chi connectivity index (χ2v) is 5.13. The van der Waals surface area contributed by atoms with E-state index in [2.05, 4.69) is 22.9 Å². The van der Waals surface area contributed by atoms with Gasteiger partial charge in [0, 0.05) is 36.0 Å². The molecule has 4 nitrogen and oxygen atoms in total. The van der Waals surface area contributed by atoms with E-state index in [1.807, 2.05) is 16.0 Å². The van der Waals surface area contributed by atoms with Gasteiger partial charge in [0.2, 0.25) is 0 Å². The standard InChI is InChI=1S/C9H14N4S2/c1-14-6-8(12-10)4-7-5-13-2-3-15-9(13)11-7/h2-3,5,8,12H,4,6,10H2,1H3. The van der Waals surface area contributed by atoms with Gasteiger partial charge in [-0.15, -0.1) is 11.3 Å². The van der Waals surface area contributed by atoms with Gasteiger partial charge in [-0.05, 0) is 6.26 Å². The van der Waals surface area contributed by atoms with Gasteiger partial charge in [0.05, 0.1) is 5.69 Å². The largest absolute Gasteiger partial charge is 0.297 e. The molecule has 2 heterocycles. The van der Waals surface area contributed by atoms with Crippen LogP contribution in [0.1, 0.15) is 5.69 Å². The Morgan fingerprint density at radius 3 is 3.27 bits per heavy atom. The molecule has 82 valence electrons. The van der Waals surface area contributed by atoms with Crippen LogP contribution in [0, 0.1) is 0 Å². The summed E-state index contributed by atoms with van der Waals surface area (Å²) in [6, 6.07) is 0.296. The number of nitrogens with one attached hydrogen (secondary N) is 1. The third kappa shape index (κ3) is 2.52. The fourth-order valence-corrected chi connectivity index (χ4v) is 2.83. The maximum atomic E-state index is 5.48. The number of thiazole rings is 1. The lowest BCUT2D eigenvalue weighted by molar-refractivity contribution is 0.571. The molecular formula is C9H14N4S2. The highest BCUT2D eigenvalue weighted by molar-refractivity contribution is 7.98. The summed E-state index contributed by atoms with van der Waals surface area (Å²) >= 11 is 3.44. The normalized spacial score (nSPS) is 13.5. The number of hydrogen-bond acceptors (Lipinski definition) is 5. The molecule has 1 unspecified atom stereocenters. The predicted molar refractivity (Wildman–Crippen MR) is 66.3 cm³/mol. The van der Waals surface area contributed by atoms with E-state index in [1.165, 1.54) is 0 Å². The molecule has 0 saturated carbocycles. The summed E-state index contributed by atoms with van der Waals surface area (Å²) in [6.45, 7) is 0. The van der Waals surface area contributed by atoms with Gasteiger partial charge in [0.15, 0.2) is 4.96 Å². The van der Waals surface area contributed by atoms with Crippen molar-refractivity contribution in [3.63, 3.8) is 0 Å². The van der Waals surface area contributed by atoms with Gasteiger partial charge in [-0.3, -0.25) is 15.7 Å². The van der Waals surface area contributed by atoms with Crippen LogP contribution >= 0.6 is 23.1 Å². The molecule has 2 aromatic heterocycles. The SMILES string of the molecule is CSCC(Cc1cn2ccsc2n1)NN. The minimum atomic E-state index is 0.296. The second kappa shape index (κ2) is 4.98. The van der Waals surface area contributed by atoms with Gasteiger partial charge >= 0.3 is 0 Å². The minimum Gasteiger partial charge on any atom is -0.297 e. The van der Waals surface area contributed by atoms with E-state index in [1.54, 1.807) is 23.1 Å². The van der Waals surface area contributed by atoms with Crippen molar-refractivity contribution in [1.29, 1.82) is 0 Å².